The predicted molar refractivity (Wildman–Crippen MR) is 58.7 cm³/mol. The molecule has 3 nitrogen and oxygen atoms in total. The van der Waals surface area contributed by atoms with Gasteiger partial charge in [0.05, 0.1) is 0 Å². The lowest BCUT2D eigenvalue weighted by atomic mass is 10.0. The molecule has 2 unspecified atom stereocenters. The Morgan fingerprint density at radius 3 is 3.07 bits per heavy atom. The van der Waals surface area contributed by atoms with Gasteiger partial charge in [0.15, 0.2) is 5.15 Å². The summed E-state index contributed by atoms with van der Waals surface area (Å²) in [7, 11) is 2.19. The number of likely N-dealkylation sites (N-methyl/N-ethyl adjacent to an activating group) is 1. The third-order valence-electron chi connectivity index (χ3n) is 3.49. The first-order valence-electron chi connectivity index (χ1n) is 5.28. The smallest absolute Gasteiger partial charge is 0.223 e. The van der Waals surface area contributed by atoms with Crippen molar-refractivity contribution in [2.75, 3.05) is 7.05 Å². The average molecular weight is 225 g/mol. The van der Waals surface area contributed by atoms with Crippen LogP contribution >= 0.6 is 11.6 Å². The molecule has 1 aromatic heterocycles. The zero-order chi connectivity index (χ0) is 10.4. The monoisotopic (exact) mass is 224 g/mol. The fraction of sp³-hybridized carbons (Fsp3) is 0.545. The van der Waals surface area contributed by atoms with Crippen LogP contribution in [0.25, 0.3) is 5.57 Å². The molecule has 3 rings (SSSR count). The summed E-state index contributed by atoms with van der Waals surface area (Å²) in [5, 5.41) is 0.442. The maximum Gasteiger partial charge on any atom is 0.223 e. The Labute approximate surface area is 93.7 Å². The number of hydrogen-bond donors (Lipinski definition) is 0. The number of aromatic nitrogens is 1. The zero-order valence-corrected chi connectivity index (χ0v) is 9.37. The number of hydrogen-bond acceptors (Lipinski definition) is 3. The number of halogens is 1. The van der Waals surface area contributed by atoms with E-state index in [1.54, 1.807) is 0 Å². The third-order valence-corrected chi connectivity index (χ3v) is 3.67. The Bertz CT molecular complexity index is 412. The van der Waals surface area contributed by atoms with Gasteiger partial charge in [-0.2, -0.15) is 4.98 Å². The second-order valence-electron chi connectivity index (χ2n) is 4.34. The molecule has 80 valence electrons. The molecule has 2 bridgehead atoms. The summed E-state index contributed by atoms with van der Waals surface area (Å²) in [5.74, 6) is 0.699. The van der Waals surface area contributed by atoms with E-state index in [-0.39, 0.29) is 0 Å². The van der Waals surface area contributed by atoms with Crippen LogP contribution in [0.5, 0.6) is 0 Å². The number of fused-ring (bicyclic) bond motifs is 2. The van der Waals surface area contributed by atoms with Crippen molar-refractivity contribution in [1.82, 2.24) is 9.88 Å². The zero-order valence-electron chi connectivity index (χ0n) is 8.61. The van der Waals surface area contributed by atoms with E-state index in [0.717, 1.165) is 6.42 Å². The summed E-state index contributed by atoms with van der Waals surface area (Å²) in [6.07, 6.45) is 7.32. The van der Waals surface area contributed by atoms with Gasteiger partial charge in [0, 0.05) is 17.7 Å². The van der Waals surface area contributed by atoms with Crippen molar-refractivity contribution in [2.45, 2.75) is 31.3 Å². The Kier molecular flexibility index (Phi) is 2.11. The predicted octanol–water partition coefficient (Wildman–Crippen LogP) is 2.58. The van der Waals surface area contributed by atoms with E-state index in [2.05, 4.69) is 23.0 Å². The fourth-order valence-corrected chi connectivity index (χ4v) is 2.72. The summed E-state index contributed by atoms with van der Waals surface area (Å²) in [5.41, 5.74) is 1.22. The molecule has 1 aromatic rings. The molecule has 4 heteroatoms. The number of oxazole rings is 1. The Balaban J connectivity index is 1.93. The maximum atomic E-state index is 5.75. The minimum atomic E-state index is 0.442. The van der Waals surface area contributed by atoms with Gasteiger partial charge in [-0.1, -0.05) is 17.7 Å². The SMILES string of the molecule is CN1C2C=C(c3nc(Cl)co3)CC1CC2. The van der Waals surface area contributed by atoms with Crippen molar-refractivity contribution in [2.24, 2.45) is 0 Å². The molecule has 1 saturated heterocycles. The molecule has 2 aliphatic rings. The van der Waals surface area contributed by atoms with E-state index in [4.69, 9.17) is 16.0 Å². The van der Waals surface area contributed by atoms with E-state index in [1.165, 1.54) is 24.7 Å². The molecule has 2 atom stereocenters. The lowest BCUT2D eigenvalue weighted by Crippen LogP contribution is -2.34. The average Bonchev–Trinajstić information content (AvgIpc) is 2.70. The second kappa shape index (κ2) is 3.35. The van der Waals surface area contributed by atoms with Gasteiger partial charge in [-0.3, -0.25) is 4.90 Å². The maximum absolute atomic E-state index is 5.75. The summed E-state index contributed by atoms with van der Waals surface area (Å²) in [6, 6.07) is 1.21. The molecule has 15 heavy (non-hydrogen) atoms. The standard InChI is InChI=1S/C11H13ClN2O/c1-14-8-2-3-9(14)5-7(4-8)11-13-10(12)6-15-11/h4,6,8-9H,2-3,5H2,1H3. The molecule has 0 spiro atoms. The Hall–Kier alpha value is -0.800. The number of rotatable bonds is 1. The van der Waals surface area contributed by atoms with Crippen LogP contribution in [0.15, 0.2) is 16.8 Å². The van der Waals surface area contributed by atoms with E-state index in [0.29, 0.717) is 23.1 Å². The molecule has 1 fully saturated rings. The van der Waals surface area contributed by atoms with Crippen molar-refractivity contribution in [3.8, 4) is 0 Å². The second-order valence-corrected chi connectivity index (χ2v) is 4.72. The molecule has 0 saturated carbocycles. The van der Waals surface area contributed by atoms with E-state index < -0.39 is 0 Å². The highest BCUT2D eigenvalue weighted by atomic mass is 35.5. The molecule has 0 amide bonds. The van der Waals surface area contributed by atoms with Gasteiger partial charge in [0.1, 0.15) is 6.26 Å². The van der Waals surface area contributed by atoms with Crippen LogP contribution in [0, 0.1) is 0 Å². The van der Waals surface area contributed by atoms with E-state index in [1.807, 2.05) is 0 Å². The van der Waals surface area contributed by atoms with Crippen LogP contribution in [-0.2, 0) is 0 Å². The molecule has 0 aromatic carbocycles. The molecule has 0 radical (unpaired) electrons. The Morgan fingerprint density at radius 1 is 1.53 bits per heavy atom. The van der Waals surface area contributed by atoms with Crippen LogP contribution < -0.4 is 0 Å². The lowest BCUT2D eigenvalue weighted by Gasteiger charge is -2.29. The molecular formula is C11H13ClN2O. The van der Waals surface area contributed by atoms with E-state index >= 15 is 0 Å². The summed E-state index contributed by atoms with van der Waals surface area (Å²) < 4.78 is 5.33. The van der Waals surface area contributed by atoms with Crippen LogP contribution in [0.3, 0.4) is 0 Å². The quantitative estimate of drug-likeness (QED) is 0.734. The Morgan fingerprint density at radius 2 is 2.40 bits per heavy atom. The normalized spacial score (nSPS) is 30.7. The van der Waals surface area contributed by atoms with Gasteiger partial charge < -0.3 is 4.42 Å². The van der Waals surface area contributed by atoms with Gasteiger partial charge >= 0.3 is 0 Å². The summed E-state index contributed by atoms with van der Waals surface area (Å²) >= 11 is 5.75. The summed E-state index contributed by atoms with van der Waals surface area (Å²) in [4.78, 5) is 6.61. The third kappa shape index (κ3) is 1.50. The van der Waals surface area contributed by atoms with Gasteiger partial charge in [-0.05, 0) is 26.3 Å². The highest BCUT2D eigenvalue weighted by molar-refractivity contribution is 6.29. The molecule has 2 aliphatic heterocycles. The van der Waals surface area contributed by atoms with Crippen LogP contribution in [-0.4, -0.2) is 29.0 Å². The molecule has 0 N–H and O–H groups in total. The lowest BCUT2D eigenvalue weighted by molar-refractivity contribution is 0.263. The van der Waals surface area contributed by atoms with Crippen molar-refractivity contribution >= 4 is 17.2 Å². The first-order valence-corrected chi connectivity index (χ1v) is 5.66. The molecule has 0 aliphatic carbocycles. The topological polar surface area (TPSA) is 29.3 Å². The largest absolute Gasteiger partial charge is 0.443 e. The highest BCUT2D eigenvalue weighted by Crippen LogP contribution is 2.37. The van der Waals surface area contributed by atoms with Crippen molar-refractivity contribution in [1.29, 1.82) is 0 Å². The van der Waals surface area contributed by atoms with Gasteiger partial charge in [-0.25, -0.2) is 0 Å². The van der Waals surface area contributed by atoms with Gasteiger partial charge in [0.2, 0.25) is 5.89 Å². The summed E-state index contributed by atoms with van der Waals surface area (Å²) in [6.45, 7) is 0. The van der Waals surface area contributed by atoms with Gasteiger partial charge in [-0.15, -0.1) is 0 Å². The first kappa shape index (κ1) is 9.43. The minimum absolute atomic E-state index is 0.442. The first-order chi connectivity index (χ1) is 7.24. The van der Waals surface area contributed by atoms with Crippen molar-refractivity contribution in [3.63, 3.8) is 0 Å². The van der Waals surface area contributed by atoms with Crippen molar-refractivity contribution in [3.05, 3.63) is 23.4 Å². The van der Waals surface area contributed by atoms with E-state index in [9.17, 15) is 0 Å². The molecular weight excluding hydrogens is 212 g/mol. The van der Waals surface area contributed by atoms with Crippen molar-refractivity contribution < 1.29 is 4.42 Å². The number of nitrogens with zero attached hydrogens (tertiary/aromatic N) is 2. The van der Waals surface area contributed by atoms with Crippen LogP contribution in [0.1, 0.15) is 25.2 Å². The molecule has 3 heterocycles. The highest BCUT2D eigenvalue weighted by Gasteiger charge is 2.35. The van der Waals surface area contributed by atoms with Crippen LogP contribution in [0.2, 0.25) is 5.15 Å². The van der Waals surface area contributed by atoms with Crippen LogP contribution in [0.4, 0.5) is 0 Å². The van der Waals surface area contributed by atoms with Gasteiger partial charge in [0.25, 0.3) is 0 Å². The minimum Gasteiger partial charge on any atom is -0.443 e. The fourth-order valence-electron chi connectivity index (χ4n) is 2.60.